The number of rotatable bonds is 2. The van der Waals surface area contributed by atoms with Crippen LogP contribution in [0.15, 0.2) is 42.3 Å². The van der Waals surface area contributed by atoms with Gasteiger partial charge in [-0.05, 0) is 78.9 Å². The van der Waals surface area contributed by atoms with Gasteiger partial charge < -0.3 is 15.3 Å². The number of pyridine rings is 1. The van der Waals surface area contributed by atoms with E-state index in [-0.39, 0.29) is 35.4 Å². The van der Waals surface area contributed by atoms with Gasteiger partial charge in [0.15, 0.2) is 0 Å². The highest BCUT2D eigenvalue weighted by Gasteiger charge is 2.60. The molecule has 1 aromatic rings. The monoisotopic (exact) mass is 381 g/mol. The molecule has 1 heterocycles. The van der Waals surface area contributed by atoms with Crippen molar-refractivity contribution < 1.29 is 15.3 Å². The Morgan fingerprint density at radius 3 is 2.79 bits per heavy atom. The lowest BCUT2D eigenvalue weighted by Crippen LogP contribution is -2.55. The van der Waals surface area contributed by atoms with Gasteiger partial charge in [0.25, 0.3) is 0 Å². The summed E-state index contributed by atoms with van der Waals surface area (Å²) >= 11 is 0. The van der Waals surface area contributed by atoms with Crippen molar-refractivity contribution in [3.05, 3.63) is 47.8 Å². The number of fused-ring (bicyclic) bond motifs is 5. The van der Waals surface area contributed by atoms with Gasteiger partial charge in [-0.3, -0.25) is 4.98 Å². The van der Waals surface area contributed by atoms with Crippen LogP contribution in [-0.4, -0.2) is 39.1 Å². The fraction of sp³-hybridized carbons (Fsp3) is 0.625. The highest BCUT2D eigenvalue weighted by Crippen LogP contribution is 2.66. The summed E-state index contributed by atoms with van der Waals surface area (Å²) in [5.74, 6) is 0.833. The molecule has 0 bridgehead atoms. The molecule has 4 nitrogen and oxygen atoms in total. The molecule has 0 aromatic carbocycles. The number of aromatic nitrogens is 1. The van der Waals surface area contributed by atoms with Crippen molar-refractivity contribution in [2.45, 2.75) is 57.7 Å². The zero-order valence-electron chi connectivity index (χ0n) is 16.6. The Bertz CT molecular complexity index is 818. The smallest absolute Gasteiger partial charge is 0.0757 e. The maximum Gasteiger partial charge on any atom is 0.0757 e. The molecule has 2 fully saturated rings. The highest BCUT2D eigenvalue weighted by molar-refractivity contribution is 5.73. The van der Waals surface area contributed by atoms with E-state index in [1.54, 1.807) is 6.20 Å². The first kappa shape index (κ1) is 18.5. The Hall–Kier alpha value is -1.49. The second kappa shape index (κ2) is 6.51. The molecule has 4 heteroatoms. The van der Waals surface area contributed by atoms with Crippen molar-refractivity contribution in [3.8, 4) is 0 Å². The molecule has 4 aliphatic rings. The normalized spacial score (nSPS) is 44.8. The van der Waals surface area contributed by atoms with Crippen LogP contribution in [0.2, 0.25) is 0 Å². The molecule has 5 rings (SSSR count). The molecular formula is C24H31NO3. The van der Waals surface area contributed by atoms with Crippen LogP contribution in [0, 0.1) is 28.6 Å². The van der Waals surface area contributed by atoms with E-state index in [2.05, 4.69) is 30.1 Å². The molecular weight excluding hydrogens is 350 g/mol. The highest BCUT2D eigenvalue weighted by atomic mass is 16.3. The zero-order chi connectivity index (χ0) is 19.5. The predicted molar refractivity (Wildman–Crippen MR) is 108 cm³/mol. The first-order valence-corrected chi connectivity index (χ1v) is 10.8. The number of aliphatic hydroxyl groups excluding tert-OH is 3. The van der Waals surface area contributed by atoms with Crippen LogP contribution in [0.1, 0.15) is 51.0 Å². The number of hydrogen-bond acceptors (Lipinski definition) is 4. The molecule has 0 amide bonds. The van der Waals surface area contributed by atoms with Gasteiger partial charge in [-0.15, -0.1) is 0 Å². The standard InChI is InChI=1S/C24H31NO3/c1-23-8-6-17(27)11-16(23)12-21(28)22-19(23)7-9-24(14-26)18(4-5-20(22)24)15-3-2-10-25-13-15/h2-4,10,12-13,17,19-22,26-28H,5-9,11,14H2,1H3/t17-,19-,20-,21-,22+,23-,24-/m0/s1. The quantitative estimate of drug-likeness (QED) is 0.687. The van der Waals surface area contributed by atoms with Gasteiger partial charge in [-0.25, -0.2) is 0 Å². The third-order valence-corrected chi connectivity index (χ3v) is 8.68. The van der Waals surface area contributed by atoms with Crippen LogP contribution in [0.3, 0.4) is 0 Å². The summed E-state index contributed by atoms with van der Waals surface area (Å²) in [6.07, 6.45) is 12.7. The van der Waals surface area contributed by atoms with Crippen molar-refractivity contribution in [1.29, 1.82) is 0 Å². The lowest BCUT2D eigenvalue weighted by atomic mass is 9.46. The van der Waals surface area contributed by atoms with Crippen LogP contribution < -0.4 is 0 Å². The lowest BCUT2D eigenvalue weighted by Gasteiger charge is -2.59. The van der Waals surface area contributed by atoms with E-state index in [4.69, 9.17) is 0 Å². The first-order chi connectivity index (χ1) is 13.5. The Balaban J connectivity index is 1.54. The fourth-order valence-corrected chi connectivity index (χ4v) is 7.25. The molecule has 150 valence electrons. The van der Waals surface area contributed by atoms with Crippen molar-refractivity contribution >= 4 is 5.57 Å². The Labute approximate surface area is 167 Å². The van der Waals surface area contributed by atoms with Crippen molar-refractivity contribution in [2.24, 2.45) is 28.6 Å². The SMILES string of the molecule is C[C@]12CC[C@H](O)CC1=C[C@H](O)[C@H]1[C@@H]3CC=C(c4cccnc4)[C@@]3(CO)CC[C@@H]12. The molecule has 0 saturated heterocycles. The summed E-state index contributed by atoms with van der Waals surface area (Å²) in [5, 5.41) is 31.9. The summed E-state index contributed by atoms with van der Waals surface area (Å²) in [4.78, 5) is 4.30. The van der Waals surface area contributed by atoms with Crippen LogP contribution >= 0.6 is 0 Å². The third-order valence-electron chi connectivity index (χ3n) is 8.68. The summed E-state index contributed by atoms with van der Waals surface area (Å²) in [5.41, 5.74) is 3.38. The summed E-state index contributed by atoms with van der Waals surface area (Å²) in [6, 6.07) is 4.04. The Morgan fingerprint density at radius 2 is 2.04 bits per heavy atom. The number of nitrogens with zero attached hydrogens (tertiary/aromatic N) is 1. The molecule has 0 radical (unpaired) electrons. The molecule has 28 heavy (non-hydrogen) atoms. The number of hydrogen-bond donors (Lipinski definition) is 3. The molecule has 0 aliphatic heterocycles. The van der Waals surface area contributed by atoms with Crippen LogP contribution in [0.25, 0.3) is 5.57 Å². The average Bonchev–Trinajstić information content (AvgIpc) is 3.10. The van der Waals surface area contributed by atoms with E-state index in [0.717, 1.165) is 37.7 Å². The van der Waals surface area contributed by atoms with Gasteiger partial charge in [0, 0.05) is 17.8 Å². The molecule has 3 N–H and O–H groups in total. The van der Waals surface area contributed by atoms with Gasteiger partial charge in [-0.1, -0.05) is 30.7 Å². The Kier molecular flexibility index (Phi) is 4.31. The Morgan fingerprint density at radius 1 is 1.18 bits per heavy atom. The minimum atomic E-state index is -0.490. The van der Waals surface area contributed by atoms with E-state index in [9.17, 15) is 15.3 Å². The summed E-state index contributed by atoms with van der Waals surface area (Å²) < 4.78 is 0. The van der Waals surface area contributed by atoms with Gasteiger partial charge in [0.2, 0.25) is 0 Å². The van der Waals surface area contributed by atoms with Crippen LogP contribution in [0.5, 0.6) is 0 Å². The van der Waals surface area contributed by atoms with Crippen LogP contribution in [-0.2, 0) is 0 Å². The molecule has 4 aliphatic carbocycles. The molecule has 0 spiro atoms. The maximum absolute atomic E-state index is 11.2. The molecule has 0 unspecified atom stereocenters. The third kappa shape index (κ3) is 2.44. The molecule has 1 aromatic heterocycles. The summed E-state index contributed by atoms with van der Waals surface area (Å²) in [7, 11) is 0. The van der Waals surface area contributed by atoms with Crippen LogP contribution in [0.4, 0.5) is 0 Å². The molecule has 2 saturated carbocycles. The van der Waals surface area contributed by atoms with E-state index < -0.39 is 6.10 Å². The van der Waals surface area contributed by atoms with Gasteiger partial charge in [0.1, 0.15) is 0 Å². The second-order valence-corrected chi connectivity index (χ2v) is 9.74. The van der Waals surface area contributed by atoms with Crippen molar-refractivity contribution in [3.63, 3.8) is 0 Å². The maximum atomic E-state index is 11.2. The van der Waals surface area contributed by atoms with E-state index in [1.807, 2.05) is 12.3 Å². The predicted octanol–water partition coefficient (Wildman–Crippen LogP) is 3.34. The minimum absolute atomic E-state index is 0.0712. The fourth-order valence-electron chi connectivity index (χ4n) is 7.25. The average molecular weight is 382 g/mol. The molecule has 7 atom stereocenters. The summed E-state index contributed by atoms with van der Waals surface area (Å²) in [6.45, 7) is 2.48. The van der Waals surface area contributed by atoms with E-state index in [0.29, 0.717) is 12.3 Å². The second-order valence-electron chi connectivity index (χ2n) is 9.74. The number of aliphatic hydroxyl groups is 3. The first-order valence-electron chi connectivity index (χ1n) is 10.8. The van der Waals surface area contributed by atoms with Gasteiger partial charge >= 0.3 is 0 Å². The lowest BCUT2D eigenvalue weighted by molar-refractivity contribution is -0.0883. The van der Waals surface area contributed by atoms with Crippen molar-refractivity contribution in [1.82, 2.24) is 4.98 Å². The van der Waals surface area contributed by atoms with Gasteiger partial charge in [0.05, 0.1) is 18.8 Å². The largest absolute Gasteiger partial charge is 0.395 e. The minimum Gasteiger partial charge on any atom is -0.395 e. The van der Waals surface area contributed by atoms with Crippen molar-refractivity contribution in [2.75, 3.05) is 6.61 Å². The van der Waals surface area contributed by atoms with E-state index >= 15 is 0 Å². The number of allylic oxidation sites excluding steroid dienone is 1. The van der Waals surface area contributed by atoms with E-state index in [1.165, 1.54) is 11.1 Å². The zero-order valence-corrected chi connectivity index (χ0v) is 16.6. The topological polar surface area (TPSA) is 73.6 Å². The van der Waals surface area contributed by atoms with Gasteiger partial charge in [-0.2, -0.15) is 0 Å².